The monoisotopic (exact) mass is 406 g/mol. The summed E-state index contributed by atoms with van der Waals surface area (Å²) in [7, 11) is -1.63. The quantitative estimate of drug-likeness (QED) is 0.691. The van der Waals surface area contributed by atoms with Crippen LogP contribution >= 0.6 is 0 Å². The molecule has 1 aromatic carbocycles. The highest BCUT2D eigenvalue weighted by Gasteiger charge is 2.32. The molecule has 0 aliphatic carbocycles. The lowest BCUT2D eigenvalue weighted by atomic mass is 10.1. The van der Waals surface area contributed by atoms with Crippen LogP contribution in [-0.4, -0.2) is 26.4 Å². The zero-order valence-electron chi connectivity index (χ0n) is 16.4. The standard InChI is InChI=1S/C18H25F3N2O3S/c1-11(23-27(25)17(5,6)7)12-8-13(18(19,20)21)10-14(9-12)22-15(24)26-16(2,3)4/h8-10H,1-7H3,(H,22,24)/b23-11+/t27-/m0/s1. The zero-order chi connectivity index (χ0) is 21.2. The molecule has 5 nitrogen and oxygen atoms in total. The lowest BCUT2D eigenvalue weighted by Crippen LogP contribution is -2.27. The maximum absolute atomic E-state index is 13.2. The van der Waals surface area contributed by atoms with Gasteiger partial charge >= 0.3 is 12.3 Å². The third kappa shape index (κ3) is 7.70. The predicted molar refractivity (Wildman–Crippen MR) is 101 cm³/mol. The second kappa shape index (κ2) is 8.00. The van der Waals surface area contributed by atoms with Crippen molar-refractivity contribution in [2.45, 2.75) is 65.0 Å². The normalized spacial score (nSPS) is 14.7. The van der Waals surface area contributed by atoms with Crippen LogP contribution in [0.5, 0.6) is 0 Å². The molecule has 1 atom stereocenters. The summed E-state index contributed by atoms with van der Waals surface area (Å²) in [6.07, 6.45) is -5.50. The van der Waals surface area contributed by atoms with Crippen LogP contribution in [0.25, 0.3) is 0 Å². The number of hydrogen-bond acceptors (Lipinski definition) is 3. The van der Waals surface area contributed by atoms with Gasteiger partial charge in [-0.25, -0.2) is 9.00 Å². The summed E-state index contributed by atoms with van der Waals surface area (Å²) in [5.74, 6) is 0. The van der Waals surface area contributed by atoms with E-state index in [1.165, 1.54) is 13.0 Å². The molecule has 0 radical (unpaired) electrons. The van der Waals surface area contributed by atoms with Crippen LogP contribution in [-0.2, 0) is 21.9 Å². The summed E-state index contributed by atoms with van der Waals surface area (Å²) in [5.41, 5.74) is -1.57. The molecular formula is C18H25F3N2O3S. The van der Waals surface area contributed by atoms with E-state index in [-0.39, 0.29) is 17.0 Å². The molecule has 27 heavy (non-hydrogen) atoms. The van der Waals surface area contributed by atoms with Crippen LogP contribution in [0.2, 0.25) is 0 Å². The average molecular weight is 406 g/mol. The Balaban J connectivity index is 3.31. The van der Waals surface area contributed by atoms with Gasteiger partial charge in [-0.1, -0.05) is 0 Å². The zero-order valence-corrected chi connectivity index (χ0v) is 17.3. The van der Waals surface area contributed by atoms with E-state index >= 15 is 0 Å². The molecule has 1 aromatic rings. The molecule has 0 spiro atoms. The van der Waals surface area contributed by atoms with Crippen molar-refractivity contribution in [3.8, 4) is 0 Å². The Hall–Kier alpha value is -1.90. The van der Waals surface area contributed by atoms with Gasteiger partial charge in [0.05, 0.1) is 16.0 Å². The Labute approximate surface area is 160 Å². The number of rotatable bonds is 3. The number of nitrogens with zero attached hydrogens (tertiary/aromatic N) is 1. The average Bonchev–Trinajstić information content (AvgIpc) is 2.42. The van der Waals surface area contributed by atoms with Crippen molar-refractivity contribution >= 4 is 28.5 Å². The number of amides is 1. The summed E-state index contributed by atoms with van der Waals surface area (Å²) < 4.78 is 60.3. The maximum Gasteiger partial charge on any atom is 0.416 e. The number of carbonyl (C=O) groups excluding carboxylic acids is 1. The van der Waals surface area contributed by atoms with E-state index in [0.29, 0.717) is 0 Å². The van der Waals surface area contributed by atoms with Crippen molar-refractivity contribution in [1.82, 2.24) is 0 Å². The lowest BCUT2D eigenvalue weighted by molar-refractivity contribution is -0.137. The van der Waals surface area contributed by atoms with Gasteiger partial charge in [0.2, 0.25) is 0 Å². The minimum Gasteiger partial charge on any atom is -0.444 e. The molecule has 1 amide bonds. The first-order valence-electron chi connectivity index (χ1n) is 8.19. The Morgan fingerprint density at radius 2 is 1.63 bits per heavy atom. The highest BCUT2D eigenvalue weighted by Crippen LogP contribution is 2.32. The molecule has 0 aliphatic heterocycles. The van der Waals surface area contributed by atoms with Crippen molar-refractivity contribution in [2.24, 2.45) is 4.40 Å². The second-order valence-corrected chi connectivity index (χ2v) is 9.87. The van der Waals surface area contributed by atoms with Crippen molar-refractivity contribution < 1.29 is 26.9 Å². The molecule has 0 fully saturated rings. The van der Waals surface area contributed by atoms with Crippen LogP contribution < -0.4 is 5.32 Å². The Bertz CT molecular complexity index is 761. The number of ether oxygens (including phenoxy) is 1. The summed E-state index contributed by atoms with van der Waals surface area (Å²) in [6.45, 7) is 11.5. The summed E-state index contributed by atoms with van der Waals surface area (Å²) in [6, 6.07) is 3.04. The minimum absolute atomic E-state index is 0.0924. The third-order valence-electron chi connectivity index (χ3n) is 3.07. The van der Waals surface area contributed by atoms with Crippen LogP contribution in [0.1, 0.15) is 59.6 Å². The Morgan fingerprint density at radius 3 is 2.07 bits per heavy atom. The molecular weight excluding hydrogens is 381 g/mol. The molecule has 0 unspecified atom stereocenters. The van der Waals surface area contributed by atoms with Crippen molar-refractivity contribution in [3.05, 3.63) is 29.3 Å². The van der Waals surface area contributed by atoms with Gasteiger partial charge < -0.3 is 4.74 Å². The van der Waals surface area contributed by atoms with E-state index in [2.05, 4.69) is 9.71 Å². The fraction of sp³-hybridized carbons (Fsp3) is 0.556. The molecule has 0 heterocycles. The van der Waals surface area contributed by atoms with Crippen LogP contribution in [0.15, 0.2) is 22.6 Å². The largest absolute Gasteiger partial charge is 0.444 e. The van der Waals surface area contributed by atoms with Gasteiger partial charge in [0.25, 0.3) is 0 Å². The minimum atomic E-state index is -4.62. The first-order chi connectivity index (χ1) is 12.0. The fourth-order valence-electron chi connectivity index (χ4n) is 1.81. The topological polar surface area (TPSA) is 67.8 Å². The fourth-order valence-corrected chi connectivity index (χ4v) is 2.44. The first kappa shape index (κ1) is 23.1. The number of anilines is 1. The molecule has 152 valence electrons. The van der Waals surface area contributed by atoms with Gasteiger partial charge in [-0.2, -0.15) is 17.6 Å². The number of alkyl halides is 3. The second-order valence-electron chi connectivity index (χ2n) is 7.96. The van der Waals surface area contributed by atoms with Crippen LogP contribution in [0.4, 0.5) is 23.7 Å². The molecule has 0 aliphatic rings. The third-order valence-corrected chi connectivity index (χ3v) is 4.55. The van der Waals surface area contributed by atoms with E-state index in [0.717, 1.165) is 12.1 Å². The first-order valence-corrected chi connectivity index (χ1v) is 9.30. The number of hydrogen-bond donors (Lipinski definition) is 1. The molecule has 1 rings (SSSR count). The van der Waals surface area contributed by atoms with Gasteiger partial charge in [-0.3, -0.25) is 5.32 Å². The van der Waals surface area contributed by atoms with E-state index in [9.17, 15) is 22.2 Å². The highest BCUT2D eigenvalue weighted by atomic mass is 32.2. The van der Waals surface area contributed by atoms with Crippen molar-refractivity contribution in [3.63, 3.8) is 0 Å². The summed E-state index contributed by atoms with van der Waals surface area (Å²) >= 11 is 0. The molecule has 0 bridgehead atoms. The number of halogens is 3. The van der Waals surface area contributed by atoms with Crippen molar-refractivity contribution in [1.29, 1.82) is 0 Å². The highest BCUT2D eigenvalue weighted by molar-refractivity contribution is 7.85. The molecule has 1 N–H and O–H groups in total. The summed E-state index contributed by atoms with van der Waals surface area (Å²) in [4.78, 5) is 11.9. The van der Waals surface area contributed by atoms with Gasteiger partial charge in [0, 0.05) is 5.69 Å². The number of benzene rings is 1. The molecule has 0 saturated heterocycles. The number of carbonyl (C=O) groups is 1. The Kier molecular flexibility index (Phi) is 6.85. The Morgan fingerprint density at radius 1 is 1.07 bits per heavy atom. The lowest BCUT2D eigenvalue weighted by Gasteiger charge is -2.20. The summed E-state index contributed by atoms with van der Waals surface area (Å²) in [5, 5.41) is 2.30. The smallest absolute Gasteiger partial charge is 0.416 e. The van der Waals surface area contributed by atoms with E-state index in [1.807, 2.05) is 0 Å². The van der Waals surface area contributed by atoms with Gasteiger partial charge in [-0.15, -0.1) is 0 Å². The maximum atomic E-state index is 13.2. The molecule has 0 saturated carbocycles. The van der Waals surface area contributed by atoms with Gasteiger partial charge in [-0.05, 0) is 72.2 Å². The predicted octanol–water partition coefficient (Wildman–Crippen LogP) is 5.32. The van der Waals surface area contributed by atoms with E-state index in [4.69, 9.17) is 4.74 Å². The molecule has 0 aromatic heterocycles. The van der Waals surface area contributed by atoms with Gasteiger partial charge in [0.15, 0.2) is 0 Å². The van der Waals surface area contributed by atoms with Gasteiger partial charge in [0.1, 0.15) is 16.6 Å². The number of nitrogens with one attached hydrogen (secondary N) is 1. The van der Waals surface area contributed by atoms with Crippen molar-refractivity contribution in [2.75, 3.05) is 5.32 Å². The van der Waals surface area contributed by atoms with E-state index < -0.39 is 39.2 Å². The SMILES string of the molecule is C/C(=N\[S@@](=O)C(C)(C)C)c1cc(NC(=O)OC(C)(C)C)cc(C(F)(F)F)c1. The van der Waals surface area contributed by atoms with Crippen LogP contribution in [0.3, 0.4) is 0 Å². The molecule has 9 heteroatoms. The van der Waals surface area contributed by atoms with Crippen LogP contribution in [0, 0.1) is 0 Å². The van der Waals surface area contributed by atoms with E-state index in [1.54, 1.807) is 41.5 Å².